The lowest BCUT2D eigenvalue weighted by Gasteiger charge is -2.52. The number of carbonyl (C=O) groups excluding carboxylic acids is 3. The highest BCUT2D eigenvalue weighted by Gasteiger charge is 2.39. The number of imide groups is 1. The molecule has 3 amide bonds. The first-order valence-electron chi connectivity index (χ1n) is 22.7. The lowest BCUT2D eigenvalue weighted by atomic mass is 9.85. The molecule has 1 unspecified atom stereocenters. The number of piperidine rings is 3. The molecule has 4 aliphatic heterocycles. The molecule has 18 heteroatoms. The maximum Gasteiger partial charge on any atom is 0.251 e. The number of benzene rings is 2. The Morgan fingerprint density at radius 1 is 0.877 bits per heavy atom. The minimum atomic E-state index is -3.63. The molecule has 4 fully saturated rings. The number of hydrogen-bond acceptors (Lipinski definition) is 14. The molecule has 1 atom stereocenters. The predicted octanol–water partition coefficient (Wildman–Crippen LogP) is 6.36. The molecule has 0 spiro atoms. The number of rotatable bonds is 14. The lowest BCUT2D eigenvalue weighted by molar-refractivity contribution is -0.134. The smallest absolute Gasteiger partial charge is 0.251 e. The van der Waals surface area contributed by atoms with Crippen LogP contribution in [-0.4, -0.2) is 120 Å². The van der Waals surface area contributed by atoms with E-state index in [1.165, 1.54) is 24.0 Å². The number of hydrogen-bond donors (Lipinski definition) is 4. The summed E-state index contributed by atoms with van der Waals surface area (Å²) in [6.07, 6.45) is 7.76. The normalized spacial score (nSPS) is 19.6. The lowest BCUT2D eigenvalue weighted by Crippen LogP contribution is -2.64. The monoisotopic (exact) mass is 926 g/mol. The summed E-state index contributed by atoms with van der Waals surface area (Å²) >= 11 is 6.51. The number of pyridine rings is 1. The average molecular weight is 928 g/mol. The van der Waals surface area contributed by atoms with E-state index in [2.05, 4.69) is 70.0 Å². The highest BCUT2D eigenvalue weighted by atomic mass is 35.5. The molecule has 4 aromatic rings. The van der Waals surface area contributed by atoms with E-state index in [9.17, 15) is 22.8 Å². The Hall–Kier alpha value is -5.36. The number of anilines is 5. The second-order valence-electron chi connectivity index (χ2n) is 18.1. The zero-order valence-electron chi connectivity index (χ0n) is 37.6. The molecule has 6 heterocycles. The van der Waals surface area contributed by atoms with Gasteiger partial charge in [0.05, 0.1) is 23.2 Å². The minimum absolute atomic E-state index is 0.0644. The zero-order chi connectivity index (χ0) is 46.0. The zero-order valence-corrected chi connectivity index (χ0v) is 39.2. The molecule has 0 radical (unpaired) electrons. The summed E-state index contributed by atoms with van der Waals surface area (Å²) < 4.78 is 32.5. The third-order valence-corrected chi connectivity index (χ3v) is 15.5. The van der Waals surface area contributed by atoms with E-state index >= 15 is 0 Å². The number of nitrogens with zero attached hydrogens (tertiary/aromatic N) is 6. The largest absolute Gasteiger partial charge is 0.489 e. The summed E-state index contributed by atoms with van der Waals surface area (Å²) in [5.41, 5.74) is 4.74. The molecular weight excluding hydrogens is 868 g/mol. The second-order valence-corrected chi connectivity index (χ2v) is 21.0. The van der Waals surface area contributed by atoms with E-state index in [1.807, 2.05) is 26.0 Å². The number of sulfone groups is 1. The number of aryl methyl sites for hydroxylation is 1. The maximum absolute atomic E-state index is 13.1. The molecule has 0 aliphatic carbocycles. The van der Waals surface area contributed by atoms with Crippen LogP contribution >= 0.6 is 11.6 Å². The van der Waals surface area contributed by atoms with E-state index in [0.717, 1.165) is 81.9 Å². The van der Waals surface area contributed by atoms with Crippen LogP contribution in [0.1, 0.15) is 93.6 Å². The molecule has 0 saturated carbocycles. The van der Waals surface area contributed by atoms with Crippen LogP contribution in [0, 0.1) is 6.92 Å². The number of halogens is 1. The molecule has 65 heavy (non-hydrogen) atoms. The number of likely N-dealkylation sites (tertiary alicyclic amines) is 2. The second kappa shape index (κ2) is 19.6. The number of nitrogens with one attached hydrogen (secondary N) is 4. The molecule has 4 saturated heterocycles. The minimum Gasteiger partial charge on any atom is -0.489 e. The summed E-state index contributed by atoms with van der Waals surface area (Å²) in [7, 11) is -3.63. The molecule has 16 nitrogen and oxygen atoms in total. The predicted molar refractivity (Wildman–Crippen MR) is 251 cm³/mol. The SMILES string of the molecule is Cc1cc(Nc2ncc(Cl)c(Nc3ncccc3S(=O)(=O)C(C)C)n2)c(OC(C)C)cc1C1CCN(C2CN(C3CCN(c4ccc(C(=O)NC5CCC(=O)NC5=O)cc4)CC3)C2)CC1. The van der Waals surface area contributed by atoms with Crippen LogP contribution in [-0.2, 0) is 19.4 Å². The van der Waals surface area contributed by atoms with Gasteiger partial charge in [0.25, 0.3) is 5.91 Å². The van der Waals surface area contributed by atoms with Crippen molar-refractivity contribution in [2.75, 3.05) is 54.8 Å². The van der Waals surface area contributed by atoms with Gasteiger partial charge in [-0.3, -0.25) is 29.5 Å². The van der Waals surface area contributed by atoms with Crippen molar-refractivity contribution in [1.29, 1.82) is 0 Å². The third kappa shape index (κ3) is 10.5. The van der Waals surface area contributed by atoms with Crippen LogP contribution in [0.2, 0.25) is 5.02 Å². The van der Waals surface area contributed by atoms with Gasteiger partial charge in [-0.05, 0) is 145 Å². The molecule has 346 valence electrons. The van der Waals surface area contributed by atoms with E-state index < -0.39 is 27.0 Å². The maximum atomic E-state index is 13.1. The van der Waals surface area contributed by atoms with Crippen LogP contribution < -0.4 is 30.9 Å². The Morgan fingerprint density at radius 3 is 2.28 bits per heavy atom. The van der Waals surface area contributed by atoms with Gasteiger partial charge in [0.15, 0.2) is 15.7 Å². The highest BCUT2D eigenvalue weighted by molar-refractivity contribution is 7.92. The van der Waals surface area contributed by atoms with Gasteiger partial charge < -0.3 is 25.6 Å². The third-order valence-electron chi connectivity index (χ3n) is 13.1. The van der Waals surface area contributed by atoms with Gasteiger partial charge in [0, 0.05) is 62.1 Å². The Balaban J connectivity index is 0.826. The Labute approximate surface area is 386 Å². The summed E-state index contributed by atoms with van der Waals surface area (Å²) in [5, 5.41) is 11.0. The van der Waals surface area contributed by atoms with Gasteiger partial charge in [-0.2, -0.15) is 4.98 Å². The summed E-state index contributed by atoms with van der Waals surface area (Å²) in [6, 6.07) is 15.4. The van der Waals surface area contributed by atoms with Crippen molar-refractivity contribution in [2.24, 2.45) is 0 Å². The number of aromatic nitrogens is 3. The summed E-state index contributed by atoms with van der Waals surface area (Å²) in [6.45, 7) is 15.6. The van der Waals surface area contributed by atoms with Crippen LogP contribution in [0.3, 0.4) is 0 Å². The number of carbonyl (C=O) groups is 3. The van der Waals surface area contributed by atoms with E-state index in [4.69, 9.17) is 16.3 Å². The van der Waals surface area contributed by atoms with Gasteiger partial charge >= 0.3 is 0 Å². The number of amides is 3. The van der Waals surface area contributed by atoms with E-state index in [1.54, 1.807) is 32.0 Å². The van der Waals surface area contributed by atoms with Crippen LogP contribution in [0.5, 0.6) is 5.75 Å². The van der Waals surface area contributed by atoms with Crippen molar-refractivity contribution >= 4 is 68.1 Å². The highest BCUT2D eigenvalue weighted by Crippen LogP contribution is 2.39. The first-order valence-corrected chi connectivity index (χ1v) is 24.6. The van der Waals surface area contributed by atoms with Gasteiger partial charge in [-0.1, -0.05) is 11.6 Å². The van der Waals surface area contributed by atoms with Crippen molar-refractivity contribution in [3.8, 4) is 5.75 Å². The Bertz CT molecular complexity index is 2500. The molecular formula is C47H59ClN10O6S. The fraction of sp³-hybridized carbons (Fsp3) is 0.489. The van der Waals surface area contributed by atoms with Gasteiger partial charge in [0.1, 0.15) is 27.5 Å². The first-order chi connectivity index (χ1) is 31.1. The van der Waals surface area contributed by atoms with Gasteiger partial charge in [-0.25, -0.2) is 18.4 Å². The molecule has 8 rings (SSSR count). The molecule has 2 aromatic carbocycles. The van der Waals surface area contributed by atoms with Crippen LogP contribution in [0.25, 0.3) is 0 Å². The average Bonchev–Trinajstić information content (AvgIpc) is 3.26. The van der Waals surface area contributed by atoms with Crippen molar-refractivity contribution < 1.29 is 27.5 Å². The molecule has 0 bridgehead atoms. The topological polar surface area (TPSA) is 191 Å². The summed E-state index contributed by atoms with van der Waals surface area (Å²) in [5.74, 6) is 0.647. The summed E-state index contributed by atoms with van der Waals surface area (Å²) in [4.78, 5) is 57.4. The Kier molecular flexibility index (Phi) is 13.9. The van der Waals surface area contributed by atoms with Crippen molar-refractivity contribution in [3.63, 3.8) is 0 Å². The van der Waals surface area contributed by atoms with Crippen molar-refractivity contribution in [3.05, 3.63) is 82.6 Å². The fourth-order valence-electron chi connectivity index (χ4n) is 9.29. The van der Waals surface area contributed by atoms with Crippen LogP contribution in [0.15, 0.2) is 65.8 Å². The Morgan fingerprint density at radius 2 is 1.60 bits per heavy atom. The van der Waals surface area contributed by atoms with E-state index in [0.29, 0.717) is 35.7 Å². The molecule has 2 aromatic heterocycles. The quantitative estimate of drug-likeness (QED) is 0.102. The first kappa shape index (κ1) is 46.2. The van der Waals surface area contributed by atoms with Crippen molar-refractivity contribution in [2.45, 2.75) is 113 Å². The van der Waals surface area contributed by atoms with Crippen molar-refractivity contribution in [1.82, 2.24) is 35.4 Å². The van der Waals surface area contributed by atoms with Gasteiger partial charge in [0.2, 0.25) is 17.8 Å². The van der Waals surface area contributed by atoms with E-state index in [-0.39, 0.29) is 51.8 Å². The fourth-order valence-corrected chi connectivity index (χ4v) is 10.6. The van der Waals surface area contributed by atoms with Crippen LogP contribution in [0.4, 0.5) is 29.0 Å². The van der Waals surface area contributed by atoms with Gasteiger partial charge in [-0.15, -0.1) is 0 Å². The molecule has 4 aliphatic rings. The standard InChI is InChI=1S/C47H59ClN10O6S/c1-28(2)64-40-24-36(30(5)23-39(40)52-47-50-25-37(48)43(55-47)54-44-41(7-6-18-49-44)65(62,63)29(3)4)31-14-19-57(20-15-31)35-26-58(27-35)34-16-21-56(22-17-34)33-10-8-32(9-11-33)45(60)51-38-12-13-42(59)53-46(38)61/h6-11,18,23-25,28-29,31,34-35,38H,12-17,19-22,26-27H2,1-5H3,(H,51,60)(H,53,59,61)(H2,49,50,52,54,55). The number of ether oxygens (including phenoxy) is 1. The molecule has 4 N–H and O–H groups in total.